The first-order valence-electron chi connectivity index (χ1n) is 6.86. The van der Waals surface area contributed by atoms with Gasteiger partial charge in [-0.2, -0.15) is 9.50 Å². The van der Waals surface area contributed by atoms with Gasteiger partial charge in [0.1, 0.15) is 5.82 Å². The lowest BCUT2D eigenvalue weighted by Crippen LogP contribution is -2.21. The van der Waals surface area contributed by atoms with Crippen LogP contribution in [0.5, 0.6) is 6.01 Å². The molecule has 1 aliphatic rings. The number of nitrogens with zero attached hydrogens (tertiary/aromatic N) is 4. The molecule has 0 spiro atoms. The number of fused-ring (bicyclic) bond motifs is 1. The molecule has 0 aromatic carbocycles. The summed E-state index contributed by atoms with van der Waals surface area (Å²) in [6, 6.07) is 2.16. The molecule has 1 saturated carbocycles. The Morgan fingerprint density at radius 1 is 1.50 bits per heavy atom. The predicted octanol–water partition coefficient (Wildman–Crippen LogP) is 1.01. The molecule has 0 amide bonds. The minimum atomic E-state index is -0.337. The molecule has 1 aliphatic carbocycles. The van der Waals surface area contributed by atoms with Crippen LogP contribution < -0.4 is 10.1 Å². The number of hydrogen-bond donors (Lipinski definition) is 2. The number of aliphatic hydroxyl groups is 1. The van der Waals surface area contributed by atoms with Gasteiger partial charge in [0.2, 0.25) is 0 Å². The number of rotatable bonds is 6. The molecule has 7 heteroatoms. The van der Waals surface area contributed by atoms with Gasteiger partial charge in [0.05, 0.1) is 13.2 Å². The molecule has 1 fully saturated rings. The lowest BCUT2D eigenvalue weighted by atomic mass is 10.2. The summed E-state index contributed by atoms with van der Waals surface area (Å²) in [4.78, 5) is 8.45. The minimum Gasteiger partial charge on any atom is -0.466 e. The third kappa shape index (κ3) is 2.82. The molecule has 2 heterocycles. The highest BCUT2D eigenvalue weighted by molar-refractivity contribution is 5.45. The maximum absolute atomic E-state index is 9.97. The summed E-state index contributed by atoms with van der Waals surface area (Å²) in [6.07, 6.45) is 3.02. The van der Waals surface area contributed by atoms with Crippen LogP contribution in [0.15, 0.2) is 6.07 Å². The van der Waals surface area contributed by atoms with E-state index in [2.05, 4.69) is 20.4 Å². The van der Waals surface area contributed by atoms with Gasteiger partial charge < -0.3 is 15.2 Å². The zero-order valence-electron chi connectivity index (χ0n) is 11.7. The Hall–Kier alpha value is -1.89. The van der Waals surface area contributed by atoms with Crippen molar-refractivity contribution in [1.82, 2.24) is 19.6 Å². The summed E-state index contributed by atoms with van der Waals surface area (Å²) < 4.78 is 6.61. The first-order valence-corrected chi connectivity index (χ1v) is 6.86. The van der Waals surface area contributed by atoms with E-state index in [1.165, 1.54) is 20.0 Å². The van der Waals surface area contributed by atoms with Crippen molar-refractivity contribution < 1.29 is 9.84 Å². The van der Waals surface area contributed by atoms with Crippen LogP contribution in [0.3, 0.4) is 0 Å². The van der Waals surface area contributed by atoms with Crippen LogP contribution in [0.1, 0.15) is 25.0 Å². The first-order chi connectivity index (χ1) is 9.65. The van der Waals surface area contributed by atoms with Crippen molar-refractivity contribution in [2.45, 2.75) is 32.3 Å². The molecule has 0 saturated heterocycles. The molecule has 0 aliphatic heterocycles. The first kappa shape index (κ1) is 13.1. The zero-order valence-corrected chi connectivity index (χ0v) is 11.7. The summed E-state index contributed by atoms with van der Waals surface area (Å²) in [7, 11) is 1.52. The Bertz CT molecular complexity index is 608. The Balaban J connectivity index is 1.76. The van der Waals surface area contributed by atoms with E-state index in [1.54, 1.807) is 4.52 Å². The summed E-state index contributed by atoms with van der Waals surface area (Å²) in [5.41, 5.74) is 0.840. The molecule has 1 atom stereocenters. The molecule has 2 N–H and O–H groups in total. The van der Waals surface area contributed by atoms with Crippen molar-refractivity contribution in [3.05, 3.63) is 11.8 Å². The second kappa shape index (κ2) is 5.24. The van der Waals surface area contributed by atoms with Crippen molar-refractivity contribution in [2.75, 3.05) is 19.0 Å². The highest BCUT2D eigenvalue weighted by atomic mass is 16.5. The van der Waals surface area contributed by atoms with Gasteiger partial charge in [-0.3, -0.25) is 0 Å². The summed E-state index contributed by atoms with van der Waals surface area (Å²) in [5.74, 6) is 1.96. The lowest BCUT2D eigenvalue weighted by molar-refractivity contribution is 0.170. The number of nitrogens with one attached hydrogen (secondary N) is 1. The molecule has 2 aromatic rings. The number of aliphatic hydroxyl groups excluding tert-OH is 1. The quantitative estimate of drug-likeness (QED) is 0.820. The van der Waals surface area contributed by atoms with Crippen LogP contribution in [-0.2, 0) is 0 Å². The molecule has 7 nitrogen and oxygen atoms in total. The van der Waals surface area contributed by atoms with Crippen molar-refractivity contribution in [2.24, 2.45) is 5.92 Å². The predicted molar refractivity (Wildman–Crippen MR) is 73.9 cm³/mol. The van der Waals surface area contributed by atoms with E-state index in [9.17, 15) is 5.11 Å². The van der Waals surface area contributed by atoms with Crippen LogP contribution in [0, 0.1) is 12.8 Å². The largest absolute Gasteiger partial charge is 0.466 e. The maximum Gasteiger partial charge on any atom is 0.337 e. The summed E-state index contributed by atoms with van der Waals surface area (Å²) >= 11 is 0. The second-order valence-electron chi connectivity index (χ2n) is 5.31. The van der Waals surface area contributed by atoms with Gasteiger partial charge in [-0.15, -0.1) is 5.10 Å². The molecule has 108 valence electrons. The average molecular weight is 277 g/mol. The third-order valence-corrected chi connectivity index (χ3v) is 3.42. The molecule has 2 aromatic heterocycles. The topological polar surface area (TPSA) is 84.6 Å². The highest BCUT2D eigenvalue weighted by Crippen LogP contribution is 2.33. The second-order valence-corrected chi connectivity index (χ2v) is 5.31. The van der Waals surface area contributed by atoms with Gasteiger partial charge in [-0.25, -0.2) is 4.98 Å². The van der Waals surface area contributed by atoms with Crippen molar-refractivity contribution in [3.8, 4) is 6.01 Å². The smallest absolute Gasteiger partial charge is 0.337 e. The van der Waals surface area contributed by atoms with E-state index in [0.717, 1.165) is 17.9 Å². The van der Waals surface area contributed by atoms with Gasteiger partial charge in [-0.05, 0) is 19.3 Å². The molecule has 3 rings (SSSR count). The number of anilines is 1. The standard InChI is InChI=1S/C13H19N5O2/c1-8-5-11(14-7-10(19)6-9-3-4-9)18-12(15-8)16-13(17-18)20-2/h5,9-10,14,19H,3-4,6-7H2,1-2H3. The highest BCUT2D eigenvalue weighted by Gasteiger charge is 2.24. The van der Waals surface area contributed by atoms with Crippen LogP contribution >= 0.6 is 0 Å². The fourth-order valence-corrected chi connectivity index (χ4v) is 2.22. The van der Waals surface area contributed by atoms with E-state index >= 15 is 0 Å². The zero-order chi connectivity index (χ0) is 14.1. The number of methoxy groups -OCH3 is 1. The Morgan fingerprint density at radius 3 is 3.00 bits per heavy atom. The third-order valence-electron chi connectivity index (χ3n) is 3.42. The Labute approximate surface area is 117 Å². The molecule has 1 unspecified atom stereocenters. The molecule has 0 bridgehead atoms. The number of aromatic nitrogens is 4. The van der Waals surface area contributed by atoms with E-state index in [4.69, 9.17) is 4.74 Å². The van der Waals surface area contributed by atoms with Crippen molar-refractivity contribution in [3.63, 3.8) is 0 Å². The fourth-order valence-electron chi connectivity index (χ4n) is 2.22. The van der Waals surface area contributed by atoms with Crippen molar-refractivity contribution in [1.29, 1.82) is 0 Å². The maximum atomic E-state index is 9.97. The Morgan fingerprint density at radius 2 is 2.30 bits per heavy atom. The number of ether oxygens (including phenoxy) is 1. The van der Waals surface area contributed by atoms with E-state index in [-0.39, 0.29) is 12.1 Å². The average Bonchev–Trinajstić information content (AvgIpc) is 3.12. The number of aryl methyl sites for hydroxylation is 1. The normalized spacial score (nSPS) is 16.4. The van der Waals surface area contributed by atoms with Crippen LogP contribution in [0.25, 0.3) is 5.78 Å². The van der Waals surface area contributed by atoms with E-state index in [0.29, 0.717) is 18.2 Å². The van der Waals surface area contributed by atoms with E-state index in [1.807, 2.05) is 13.0 Å². The van der Waals surface area contributed by atoms with Gasteiger partial charge in [0.25, 0.3) is 5.78 Å². The van der Waals surface area contributed by atoms with Gasteiger partial charge in [-0.1, -0.05) is 12.8 Å². The number of hydrogen-bond acceptors (Lipinski definition) is 6. The van der Waals surface area contributed by atoms with Gasteiger partial charge in [0.15, 0.2) is 0 Å². The Kier molecular flexibility index (Phi) is 3.43. The van der Waals surface area contributed by atoms with Gasteiger partial charge >= 0.3 is 6.01 Å². The fraction of sp³-hybridized carbons (Fsp3) is 0.615. The molecular weight excluding hydrogens is 258 g/mol. The monoisotopic (exact) mass is 277 g/mol. The molecular formula is C13H19N5O2. The minimum absolute atomic E-state index is 0.282. The van der Waals surface area contributed by atoms with Crippen LogP contribution in [0.2, 0.25) is 0 Å². The van der Waals surface area contributed by atoms with Crippen LogP contribution in [0.4, 0.5) is 5.82 Å². The van der Waals surface area contributed by atoms with Crippen molar-refractivity contribution >= 4 is 11.6 Å². The summed E-state index contributed by atoms with van der Waals surface area (Å²) in [5, 5.41) is 17.4. The summed E-state index contributed by atoms with van der Waals surface area (Å²) in [6.45, 7) is 2.39. The lowest BCUT2D eigenvalue weighted by Gasteiger charge is -2.13. The SMILES string of the molecule is COc1nc2nc(C)cc(NCC(O)CC3CC3)n2n1. The molecule has 20 heavy (non-hydrogen) atoms. The van der Waals surface area contributed by atoms with Crippen LogP contribution in [-0.4, -0.2) is 44.4 Å². The molecule has 0 radical (unpaired) electrons. The van der Waals surface area contributed by atoms with Gasteiger partial charge in [0, 0.05) is 18.3 Å². The van der Waals surface area contributed by atoms with E-state index < -0.39 is 0 Å².